The second-order valence-corrected chi connectivity index (χ2v) is 5.60. The predicted octanol–water partition coefficient (Wildman–Crippen LogP) is -0.913. The van der Waals surface area contributed by atoms with Crippen LogP contribution >= 0.6 is 0 Å². The zero-order chi connectivity index (χ0) is 15.7. The molecule has 0 atom stereocenters. The predicted molar refractivity (Wildman–Crippen MR) is 79.5 cm³/mol. The molecular weight excluding hydrogens is 272 g/mol. The van der Waals surface area contributed by atoms with Gasteiger partial charge in [-0.3, -0.25) is 14.4 Å². The maximum Gasteiger partial charge on any atom is 0.311 e. The van der Waals surface area contributed by atoms with E-state index in [1.807, 2.05) is 13.8 Å². The topological polar surface area (TPSA) is 90.5 Å². The molecule has 21 heavy (non-hydrogen) atoms. The average molecular weight is 298 g/mol. The van der Waals surface area contributed by atoms with E-state index in [2.05, 4.69) is 16.0 Å². The van der Waals surface area contributed by atoms with Crippen LogP contribution in [0.15, 0.2) is 0 Å². The van der Waals surface area contributed by atoms with Crippen molar-refractivity contribution in [3.05, 3.63) is 0 Å². The summed E-state index contributed by atoms with van der Waals surface area (Å²) in [5.41, 5.74) is 0. The molecule has 0 unspecified atom stereocenters. The molecule has 0 aromatic carbocycles. The molecule has 7 nitrogen and oxygen atoms in total. The lowest BCUT2D eigenvalue weighted by atomic mass is 10.2. The van der Waals surface area contributed by atoms with Crippen molar-refractivity contribution >= 4 is 17.7 Å². The van der Waals surface area contributed by atoms with Crippen molar-refractivity contribution in [2.75, 3.05) is 39.3 Å². The molecule has 0 spiro atoms. The number of carbonyl (C=O) groups is 3. The SMILES string of the molecule is CC(C)CNC(=O)CCNC(=O)C(=O)N1CCCNCC1. The fraction of sp³-hybridized carbons (Fsp3) is 0.786. The van der Waals surface area contributed by atoms with Crippen molar-refractivity contribution in [1.29, 1.82) is 0 Å². The first kappa shape index (κ1) is 17.4. The van der Waals surface area contributed by atoms with Crippen LogP contribution < -0.4 is 16.0 Å². The molecule has 0 aromatic rings. The molecule has 1 heterocycles. The lowest BCUT2D eigenvalue weighted by Gasteiger charge is -2.19. The highest BCUT2D eigenvalue weighted by Crippen LogP contribution is 1.96. The molecule has 1 saturated heterocycles. The van der Waals surface area contributed by atoms with Gasteiger partial charge in [0.25, 0.3) is 0 Å². The quantitative estimate of drug-likeness (QED) is 0.573. The summed E-state index contributed by atoms with van der Waals surface area (Å²) in [5.74, 6) is -0.868. The highest BCUT2D eigenvalue weighted by Gasteiger charge is 2.22. The van der Waals surface area contributed by atoms with Crippen molar-refractivity contribution in [3.8, 4) is 0 Å². The van der Waals surface area contributed by atoms with Gasteiger partial charge < -0.3 is 20.9 Å². The van der Waals surface area contributed by atoms with Crippen molar-refractivity contribution in [2.24, 2.45) is 5.92 Å². The second kappa shape index (κ2) is 9.33. The third kappa shape index (κ3) is 7.08. The van der Waals surface area contributed by atoms with Gasteiger partial charge in [-0.25, -0.2) is 0 Å². The molecule has 120 valence electrons. The number of rotatable bonds is 5. The maximum atomic E-state index is 11.9. The fourth-order valence-corrected chi connectivity index (χ4v) is 1.96. The van der Waals surface area contributed by atoms with Crippen LogP contribution in [-0.4, -0.2) is 61.9 Å². The summed E-state index contributed by atoms with van der Waals surface area (Å²) in [7, 11) is 0. The highest BCUT2D eigenvalue weighted by molar-refractivity contribution is 6.35. The summed E-state index contributed by atoms with van der Waals surface area (Å²) in [5, 5.41) is 8.44. The second-order valence-electron chi connectivity index (χ2n) is 5.60. The van der Waals surface area contributed by atoms with E-state index in [1.54, 1.807) is 4.90 Å². The Labute approximate surface area is 125 Å². The Morgan fingerprint density at radius 2 is 1.90 bits per heavy atom. The Bertz CT molecular complexity index is 363. The Morgan fingerprint density at radius 3 is 2.62 bits per heavy atom. The van der Waals surface area contributed by atoms with Crippen molar-refractivity contribution in [2.45, 2.75) is 26.7 Å². The molecule has 1 aliphatic heterocycles. The van der Waals surface area contributed by atoms with Crippen LogP contribution in [0.2, 0.25) is 0 Å². The number of hydrogen-bond acceptors (Lipinski definition) is 4. The first-order valence-electron chi connectivity index (χ1n) is 7.55. The molecule has 0 aromatic heterocycles. The summed E-state index contributed by atoms with van der Waals surface area (Å²) < 4.78 is 0. The van der Waals surface area contributed by atoms with Crippen LogP contribution in [0.25, 0.3) is 0 Å². The molecule has 0 saturated carbocycles. The third-order valence-electron chi connectivity index (χ3n) is 3.17. The van der Waals surface area contributed by atoms with Gasteiger partial charge >= 0.3 is 11.8 Å². The summed E-state index contributed by atoms with van der Waals surface area (Å²) in [6, 6.07) is 0. The number of amides is 3. The Hall–Kier alpha value is -1.63. The minimum atomic E-state index is -0.631. The van der Waals surface area contributed by atoms with Gasteiger partial charge in [0.2, 0.25) is 5.91 Å². The molecule has 3 amide bonds. The summed E-state index contributed by atoms with van der Waals surface area (Å²) in [6.45, 7) is 7.52. The molecule has 1 aliphatic rings. The van der Waals surface area contributed by atoms with Gasteiger partial charge in [-0.15, -0.1) is 0 Å². The van der Waals surface area contributed by atoms with Crippen LogP contribution in [0.4, 0.5) is 0 Å². The molecule has 0 radical (unpaired) electrons. The lowest BCUT2D eigenvalue weighted by molar-refractivity contribution is -0.145. The summed E-state index contributed by atoms with van der Waals surface area (Å²) in [4.78, 5) is 36.7. The van der Waals surface area contributed by atoms with Gasteiger partial charge in [0.05, 0.1) is 0 Å². The average Bonchev–Trinajstić information content (AvgIpc) is 2.73. The zero-order valence-electron chi connectivity index (χ0n) is 12.9. The molecule has 0 aliphatic carbocycles. The minimum absolute atomic E-state index is 0.115. The first-order chi connectivity index (χ1) is 10.0. The van der Waals surface area contributed by atoms with Crippen LogP contribution in [0.1, 0.15) is 26.7 Å². The molecule has 1 rings (SSSR count). The van der Waals surface area contributed by atoms with E-state index in [0.29, 0.717) is 32.1 Å². The van der Waals surface area contributed by atoms with E-state index < -0.39 is 11.8 Å². The molecule has 0 bridgehead atoms. The van der Waals surface area contributed by atoms with Crippen molar-refractivity contribution < 1.29 is 14.4 Å². The molecule has 3 N–H and O–H groups in total. The summed E-state index contributed by atoms with van der Waals surface area (Å²) in [6.07, 6.45) is 1.03. The normalized spacial score (nSPS) is 15.5. The van der Waals surface area contributed by atoms with Gasteiger partial charge in [0, 0.05) is 39.1 Å². The monoisotopic (exact) mass is 298 g/mol. The van der Waals surface area contributed by atoms with Crippen molar-refractivity contribution in [3.63, 3.8) is 0 Å². The smallest absolute Gasteiger partial charge is 0.311 e. The number of nitrogens with one attached hydrogen (secondary N) is 3. The molecule has 7 heteroatoms. The van der Waals surface area contributed by atoms with Crippen LogP contribution in [0.3, 0.4) is 0 Å². The van der Waals surface area contributed by atoms with Gasteiger partial charge in [0.1, 0.15) is 0 Å². The first-order valence-corrected chi connectivity index (χ1v) is 7.55. The Kier molecular flexibility index (Phi) is 7.74. The van der Waals surface area contributed by atoms with Gasteiger partial charge in [0.15, 0.2) is 0 Å². The van der Waals surface area contributed by atoms with Gasteiger partial charge in [-0.1, -0.05) is 13.8 Å². The standard InChI is InChI=1S/C14H26N4O3/c1-11(2)10-17-12(19)4-6-16-13(20)14(21)18-8-3-5-15-7-9-18/h11,15H,3-10H2,1-2H3,(H,16,20)(H,17,19). The number of hydrogen-bond donors (Lipinski definition) is 3. The molecular formula is C14H26N4O3. The largest absolute Gasteiger partial charge is 0.356 e. The third-order valence-corrected chi connectivity index (χ3v) is 3.17. The maximum absolute atomic E-state index is 11.9. The molecule has 1 fully saturated rings. The van der Waals surface area contributed by atoms with E-state index >= 15 is 0 Å². The van der Waals surface area contributed by atoms with E-state index in [4.69, 9.17) is 0 Å². The zero-order valence-corrected chi connectivity index (χ0v) is 12.9. The Balaban J connectivity index is 2.23. The summed E-state index contributed by atoms with van der Waals surface area (Å²) >= 11 is 0. The lowest BCUT2D eigenvalue weighted by Crippen LogP contribution is -2.45. The Morgan fingerprint density at radius 1 is 1.14 bits per heavy atom. The van der Waals surface area contributed by atoms with Crippen LogP contribution in [0, 0.1) is 5.92 Å². The minimum Gasteiger partial charge on any atom is -0.356 e. The number of carbonyl (C=O) groups excluding carboxylic acids is 3. The fourth-order valence-electron chi connectivity index (χ4n) is 1.96. The number of nitrogens with zero attached hydrogens (tertiary/aromatic N) is 1. The van der Waals surface area contributed by atoms with E-state index in [9.17, 15) is 14.4 Å². The van der Waals surface area contributed by atoms with Crippen LogP contribution in [-0.2, 0) is 14.4 Å². The van der Waals surface area contributed by atoms with Crippen LogP contribution in [0.5, 0.6) is 0 Å². The highest BCUT2D eigenvalue weighted by atomic mass is 16.2. The van der Waals surface area contributed by atoms with Gasteiger partial charge in [-0.05, 0) is 18.9 Å². The van der Waals surface area contributed by atoms with E-state index in [-0.39, 0.29) is 18.9 Å². The van der Waals surface area contributed by atoms with E-state index in [0.717, 1.165) is 13.0 Å². The van der Waals surface area contributed by atoms with Gasteiger partial charge in [-0.2, -0.15) is 0 Å². The van der Waals surface area contributed by atoms with Crippen molar-refractivity contribution in [1.82, 2.24) is 20.9 Å². The van der Waals surface area contributed by atoms with E-state index in [1.165, 1.54) is 0 Å².